The zero-order valence-electron chi connectivity index (χ0n) is 15.0. The Morgan fingerprint density at radius 2 is 1.03 bits per heavy atom. The van der Waals surface area contributed by atoms with Gasteiger partial charge in [-0.1, -0.05) is 85.1 Å². The number of carbonyl (C=O) groups excluding carboxylic acids is 2. The van der Waals surface area contributed by atoms with E-state index in [4.69, 9.17) is 24.4 Å². The molecule has 0 fully saturated rings. The number of hydrogen-bond acceptors (Lipinski definition) is 4. The number of amides is 2. The van der Waals surface area contributed by atoms with Crippen LogP contribution >= 0.6 is 24.4 Å². The molecule has 2 N–H and O–H groups in total. The molecule has 2 amide bonds. The molecule has 29 heavy (non-hydrogen) atoms. The summed E-state index contributed by atoms with van der Waals surface area (Å²) in [6.45, 7) is 0. The Morgan fingerprint density at radius 3 is 1.34 bits per heavy atom. The second-order valence-electron chi connectivity index (χ2n) is 5.71. The molecule has 0 aliphatic carbocycles. The standard InChI is InChI=1S/C19H20N4O2S2.2Na.2H/c1-22(18(26)14-9-5-3-6-10-14)20-16(24)13-17(25)21-23(2)19(27)15-11-7-4-8-12-15;;;;/h3-12H,13H2,1-2H3,(H,20,24)(H,21,25);;;;. The van der Waals surface area contributed by atoms with Crippen LogP contribution in [0.25, 0.3) is 0 Å². The molecular weight excluding hydrogens is 426 g/mol. The van der Waals surface area contributed by atoms with E-state index < -0.39 is 11.8 Å². The molecule has 144 valence electrons. The molecule has 0 saturated heterocycles. The van der Waals surface area contributed by atoms with Crippen molar-refractivity contribution in [2.75, 3.05) is 14.1 Å². The van der Waals surface area contributed by atoms with E-state index in [2.05, 4.69) is 10.9 Å². The minimum absolute atomic E-state index is 0. The van der Waals surface area contributed by atoms with E-state index in [0.717, 1.165) is 11.1 Å². The molecule has 2 rings (SSSR count). The van der Waals surface area contributed by atoms with E-state index in [-0.39, 0.29) is 65.5 Å². The van der Waals surface area contributed by atoms with Gasteiger partial charge in [-0.25, -0.2) is 0 Å². The average molecular weight is 449 g/mol. The zero-order chi connectivity index (χ0) is 19.8. The third kappa shape index (κ3) is 9.23. The summed E-state index contributed by atoms with van der Waals surface area (Å²) in [5, 5.41) is 2.83. The second-order valence-corrected chi connectivity index (χ2v) is 6.48. The van der Waals surface area contributed by atoms with E-state index in [9.17, 15) is 9.59 Å². The van der Waals surface area contributed by atoms with Crippen LogP contribution in [0.4, 0.5) is 0 Å². The molecule has 0 bridgehead atoms. The van der Waals surface area contributed by atoms with Gasteiger partial charge in [0.15, 0.2) is 0 Å². The Balaban J connectivity index is 0.00000392. The van der Waals surface area contributed by atoms with Crippen LogP contribution in [0.15, 0.2) is 60.7 Å². The number of nitrogens with one attached hydrogen (secondary N) is 2. The Morgan fingerprint density at radius 1 is 0.724 bits per heavy atom. The first kappa shape index (κ1) is 28.2. The normalized spacial score (nSPS) is 9.17. The van der Waals surface area contributed by atoms with E-state index in [1.165, 1.54) is 10.0 Å². The van der Waals surface area contributed by atoms with Crippen molar-refractivity contribution in [2.45, 2.75) is 6.42 Å². The van der Waals surface area contributed by atoms with Crippen molar-refractivity contribution in [3.05, 3.63) is 71.8 Å². The van der Waals surface area contributed by atoms with Crippen molar-refractivity contribution < 1.29 is 9.59 Å². The number of rotatable bonds is 4. The van der Waals surface area contributed by atoms with Gasteiger partial charge in [0.05, 0.1) is 0 Å². The van der Waals surface area contributed by atoms with Gasteiger partial charge in [0.2, 0.25) is 11.8 Å². The summed E-state index contributed by atoms with van der Waals surface area (Å²) < 4.78 is 0. The summed E-state index contributed by atoms with van der Waals surface area (Å²) in [6, 6.07) is 18.6. The van der Waals surface area contributed by atoms with E-state index in [1.54, 1.807) is 14.1 Å². The van der Waals surface area contributed by atoms with E-state index in [1.807, 2.05) is 60.7 Å². The van der Waals surface area contributed by atoms with Crippen molar-refractivity contribution in [2.24, 2.45) is 0 Å². The molecular formula is C19H22N4Na2O2S2. The van der Waals surface area contributed by atoms with Gasteiger partial charge in [-0.15, -0.1) is 0 Å². The van der Waals surface area contributed by atoms with Gasteiger partial charge in [-0.2, -0.15) is 0 Å². The quantitative estimate of drug-likeness (QED) is 0.312. The summed E-state index contributed by atoms with van der Waals surface area (Å²) in [4.78, 5) is 25.1. The van der Waals surface area contributed by atoms with Crippen LogP contribution in [0.3, 0.4) is 0 Å². The Bertz CT molecular complexity index is 769. The summed E-state index contributed by atoms with van der Waals surface area (Å²) >= 11 is 10.6. The first-order valence-corrected chi connectivity index (χ1v) is 8.95. The molecule has 0 spiro atoms. The molecule has 6 nitrogen and oxygen atoms in total. The first-order valence-electron chi connectivity index (χ1n) is 8.13. The van der Waals surface area contributed by atoms with E-state index >= 15 is 0 Å². The summed E-state index contributed by atoms with van der Waals surface area (Å²) in [5.41, 5.74) is 6.77. The van der Waals surface area contributed by atoms with Crippen molar-refractivity contribution in [3.8, 4) is 0 Å². The Kier molecular flexibility index (Phi) is 13.8. The molecule has 10 heteroatoms. The number of benzene rings is 2. The predicted octanol–water partition coefficient (Wildman–Crippen LogP) is 0.757. The van der Waals surface area contributed by atoms with Crippen LogP contribution in [0.1, 0.15) is 17.5 Å². The molecule has 0 aliphatic heterocycles. The van der Waals surface area contributed by atoms with Gasteiger partial charge >= 0.3 is 59.1 Å². The third-order valence-corrected chi connectivity index (χ3v) is 4.58. The fourth-order valence-electron chi connectivity index (χ4n) is 2.25. The summed E-state index contributed by atoms with van der Waals surface area (Å²) in [5.74, 6) is -0.959. The predicted molar refractivity (Wildman–Crippen MR) is 127 cm³/mol. The molecule has 0 aliphatic rings. The van der Waals surface area contributed by atoms with Gasteiger partial charge in [0.25, 0.3) is 0 Å². The molecule has 2 aromatic carbocycles. The molecule has 0 aromatic heterocycles. The van der Waals surface area contributed by atoms with Crippen LogP contribution in [0.2, 0.25) is 0 Å². The molecule has 2 aromatic rings. The van der Waals surface area contributed by atoms with Crippen molar-refractivity contribution in [3.63, 3.8) is 0 Å². The molecule has 0 atom stereocenters. The van der Waals surface area contributed by atoms with Gasteiger partial charge < -0.3 is 0 Å². The van der Waals surface area contributed by atoms with Crippen LogP contribution in [-0.4, -0.2) is 105 Å². The number of thiocarbonyl (C=S) groups is 2. The fraction of sp³-hybridized carbons (Fsp3) is 0.158. The third-order valence-electron chi connectivity index (χ3n) is 3.56. The van der Waals surface area contributed by atoms with E-state index in [0.29, 0.717) is 9.98 Å². The van der Waals surface area contributed by atoms with Crippen LogP contribution in [0, 0.1) is 0 Å². The van der Waals surface area contributed by atoms with Crippen molar-refractivity contribution >= 4 is 105 Å². The Hall–Kier alpha value is -0.840. The SMILES string of the molecule is CN(NC(=O)CC(=O)NN(C)C(=S)c1ccccc1)C(=S)c1ccccc1.[NaH].[NaH]. The average Bonchev–Trinajstić information content (AvgIpc) is 2.67. The van der Waals surface area contributed by atoms with Gasteiger partial charge in [0, 0.05) is 25.2 Å². The van der Waals surface area contributed by atoms with Crippen LogP contribution < -0.4 is 10.9 Å². The molecule has 0 unspecified atom stereocenters. The summed E-state index contributed by atoms with van der Waals surface area (Å²) in [7, 11) is 3.25. The van der Waals surface area contributed by atoms with Gasteiger partial charge in [0.1, 0.15) is 16.4 Å². The van der Waals surface area contributed by atoms with Crippen molar-refractivity contribution in [1.29, 1.82) is 0 Å². The van der Waals surface area contributed by atoms with Gasteiger partial charge in [-0.3, -0.25) is 30.5 Å². The first-order chi connectivity index (χ1) is 12.9. The van der Waals surface area contributed by atoms with Crippen molar-refractivity contribution in [1.82, 2.24) is 20.9 Å². The van der Waals surface area contributed by atoms with Gasteiger partial charge in [-0.05, 0) is 0 Å². The number of nitrogens with zero attached hydrogens (tertiary/aromatic N) is 2. The second kappa shape index (κ2) is 14.2. The monoisotopic (exact) mass is 448 g/mol. The maximum atomic E-state index is 12.1. The molecule has 0 radical (unpaired) electrons. The fourth-order valence-corrected chi connectivity index (χ4v) is 2.61. The molecule has 0 heterocycles. The minimum atomic E-state index is -0.479. The zero-order valence-corrected chi connectivity index (χ0v) is 16.6. The van der Waals surface area contributed by atoms with Crippen LogP contribution in [0.5, 0.6) is 0 Å². The topological polar surface area (TPSA) is 64.7 Å². The molecule has 0 saturated carbocycles. The Labute approximate surface area is 225 Å². The van der Waals surface area contributed by atoms with Crippen LogP contribution in [-0.2, 0) is 9.59 Å². The number of hydrogen-bond donors (Lipinski definition) is 2. The number of hydrazine groups is 2. The maximum absolute atomic E-state index is 12.1. The summed E-state index contributed by atoms with van der Waals surface area (Å²) in [6.07, 6.45) is -0.358. The number of carbonyl (C=O) groups is 2.